The number of rotatable bonds is 2. The highest BCUT2D eigenvalue weighted by atomic mass is 35.5. The molecule has 0 atom stereocenters. The van der Waals surface area contributed by atoms with Crippen LogP contribution in [-0.2, 0) is 0 Å². The fraction of sp³-hybridized carbons (Fsp3) is 0.125. The van der Waals surface area contributed by atoms with E-state index in [1.807, 2.05) is 0 Å². The molecular weight excluding hydrogens is 195 g/mol. The molecule has 0 aliphatic rings. The molecule has 1 rings (SSSR count). The summed E-state index contributed by atoms with van der Waals surface area (Å²) in [6, 6.07) is 3.52. The Morgan fingerprint density at radius 1 is 1.42 bits per heavy atom. The monoisotopic (exact) mass is 202 g/mol. The van der Waals surface area contributed by atoms with Crippen molar-refractivity contribution in [2.45, 2.75) is 0 Å². The summed E-state index contributed by atoms with van der Waals surface area (Å²) in [5.74, 6) is 0. The predicted molar refractivity (Wildman–Crippen MR) is 55.2 cm³/mol. The fourth-order valence-corrected chi connectivity index (χ4v) is 1.27. The zero-order valence-corrected chi connectivity index (χ0v) is 8.08. The lowest BCUT2D eigenvalue weighted by atomic mass is 10.2. The molecule has 4 heteroatoms. The third-order valence-electron chi connectivity index (χ3n) is 1.50. The van der Waals surface area contributed by atoms with Gasteiger partial charge in [0.2, 0.25) is 0 Å². The minimum absolute atomic E-state index is 0.429. The van der Waals surface area contributed by atoms with Crippen molar-refractivity contribution in [2.24, 2.45) is 4.99 Å². The molecule has 0 radical (unpaired) electrons. The molecule has 0 saturated heterocycles. The van der Waals surface area contributed by atoms with Gasteiger partial charge in [0, 0.05) is 7.05 Å². The Hall–Kier alpha value is -0.730. The summed E-state index contributed by atoms with van der Waals surface area (Å²) in [5, 5.41) is 3.85. The van der Waals surface area contributed by atoms with Gasteiger partial charge in [0.25, 0.3) is 0 Å². The quantitative estimate of drug-likeness (QED) is 0.732. The molecule has 0 bridgehead atoms. The third kappa shape index (κ3) is 1.54. The Morgan fingerprint density at radius 2 is 2.08 bits per heavy atom. The average molecular weight is 203 g/mol. The maximum Gasteiger partial charge on any atom is 0.105 e. The third-order valence-corrected chi connectivity index (χ3v) is 2.29. The zero-order chi connectivity index (χ0) is 9.14. The molecule has 0 aliphatic carbocycles. The number of hydrogen-bond donors (Lipinski definition) is 1. The van der Waals surface area contributed by atoms with Crippen LogP contribution in [0.2, 0.25) is 10.0 Å². The molecule has 64 valence electrons. The van der Waals surface area contributed by atoms with Crippen molar-refractivity contribution in [3.05, 3.63) is 22.2 Å². The molecular formula is C8H8Cl2N2. The van der Waals surface area contributed by atoms with Gasteiger partial charge in [0.15, 0.2) is 0 Å². The topological polar surface area (TPSA) is 24.4 Å². The van der Waals surface area contributed by atoms with Crippen LogP contribution in [0.5, 0.6) is 0 Å². The first kappa shape index (κ1) is 9.36. The Bertz CT molecular complexity index is 310. The normalized spacial score (nSPS) is 9.58. The molecule has 1 N–H and O–H groups in total. The van der Waals surface area contributed by atoms with Gasteiger partial charge in [0.05, 0.1) is 15.7 Å². The van der Waals surface area contributed by atoms with E-state index < -0.39 is 0 Å². The van der Waals surface area contributed by atoms with Crippen molar-refractivity contribution < 1.29 is 0 Å². The van der Waals surface area contributed by atoms with Crippen molar-refractivity contribution in [3.63, 3.8) is 0 Å². The van der Waals surface area contributed by atoms with E-state index in [2.05, 4.69) is 17.0 Å². The molecule has 0 fully saturated rings. The van der Waals surface area contributed by atoms with Gasteiger partial charge in [-0.15, -0.1) is 0 Å². The van der Waals surface area contributed by atoms with Crippen LogP contribution >= 0.6 is 23.2 Å². The van der Waals surface area contributed by atoms with E-state index in [1.165, 1.54) is 0 Å². The van der Waals surface area contributed by atoms with E-state index in [-0.39, 0.29) is 0 Å². The van der Waals surface area contributed by atoms with Crippen LogP contribution in [0.25, 0.3) is 0 Å². The van der Waals surface area contributed by atoms with Gasteiger partial charge in [-0.25, -0.2) is 0 Å². The molecule has 0 aromatic heterocycles. The summed E-state index contributed by atoms with van der Waals surface area (Å²) < 4.78 is 0. The lowest BCUT2D eigenvalue weighted by Crippen LogP contribution is -1.88. The van der Waals surface area contributed by atoms with Crippen molar-refractivity contribution in [2.75, 3.05) is 12.4 Å². The SMILES string of the molecule is C=Nc1c(NC)ccc(Cl)c1Cl. The molecule has 0 unspecified atom stereocenters. The van der Waals surface area contributed by atoms with Gasteiger partial charge in [-0.3, -0.25) is 4.99 Å². The van der Waals surface area contributed by atoms with Crippen molar-refractivity contribution in [3.8, 4) is 0 Å². The lowest BCUT2D eigenvalue weighted by molar-refractivity contribution is 1.46. The van der Waals surface area contributed by atoms with Gasteiger partial charge in [-0.05, 0) is 18.9 Å². The summed E-state index contributed by atoms with van der Waals surface area (Å²) in [5.41, 5.74) is 1.41. The molecule has 1 aromatic carbocycles. The first-order valence-electron chi connectivity index (χ1n) is 3.33. The van der Waals surface area contributed by atoms with E-state index in [9.17, 15) is 0 Å². The zero-order valence-electron chi connectivity index (χ0n) is 6.56. The number of aliphatic imine (C=N–C) groups is 1. The number of hydrogen-bond acceptors (Lipinski definition) is 2. The van der Waals surface area contributed by atoms with E-state index in [1.54, 1.807) is 19.2 Å². The molecule has 1 aromatic rings. The molecule has 0 spiro atoms. The van der Waals surface area contributed by atoms with Crippen LogP contribution in [0.15, 0.2) is 17.1 Å². The Morgan fingerprint density at radius 3 is 2.58 bits per heavy atom. The highest BCUT2D eigenvalue weighted by Gasteiger charge is 2.07. The Kier molecular flexibility index (Phi) is 2.95. The summed E-state index contributed by atoms with van der Waals surface area (Å²) in [4.78, 5) is 3.77. The maximum atomic E-state index is 5.87. The van der Waals surface area contributed by atoms with Gasteiger partial charge in [-0.1, -0.05) is 23.2 Å². The van der Waals surface area contributed by atoms with Crippen molar-refractivity contribution in [1.29, 1.82) is 0 Å². The number of nitrogens with zero attached hydrogens (tertiary/aromatic N) is 1. The van der Waals surface area contributed by atoms with Gasteiger partial charge in [-0.2, -0.15) is 0 Å². The maximum absolute atomic E-state index is 5.87. The highest BCUT2D eigenvalue weighted by molar-refractivity contribution is 6.44. The Balaban J connectivity index is 3.35. The largest absolute Gasteiger partial charge is 0.386 e. The first-order chi connectivity index (χ1) is 5.70. The van der Waals surface area contributed by atoms with Crippen LogP contribution in [0, 0.1) is 0 Å². The van der Waals surface area contributed by atoms with Crippen LogP contribution < -0.4 is 5.32 Å². The average Bonchev–Trinajstić information content (AvgIpc) is 2.09. The highest BCUT2D eigenvalue weighted by Crippen LogP contribution is 2.37. The van der Waals surface area contributed by atoms with E-state index in [0.29, 0.717) is 15.7 Å². The summed E-state index contributed by atoms with van der Waals surface area (Å²) >= 11 is 11.6. The van der Waals surface area contributed by atoms with Crippen LogP contribution in [0.3, 0.4) is 0 Å². The number of benzene rings is 1. The van der Waals surface area contributed by atoms with Crippen molar-refractivity contribution in [1.82, 2.24) is 0 Å². The lowest BCUT2D eigenvalue weighted by Gasteiger charge is -2.06. The van der Waals surface area contributed by atoms with E-state index >= 15 is 0 Å². The minimum atomic E-state index is 0.429. The first-order valence-corrected chi connectivity index (χ1v) is 4.08. The van der Waals surface area contributed by atoms with E-state index in [4.69, 9.17) is 23.2 Å². The van der Waals surface area contributed by atoms with Crippen LogP contribution in [-0.4, -0.2) is 13.8 Å². The minimum Gasteiger partial charge on any atom is -0.386 e. The van der Waals surface area contributed by atoms with Crippen molar-refractivity contribution >= 4 is 41.3 Å². The molecule has 0 aliphatic heterocycles. The molecule has 0 amide bonds. The summed E-state index contributed by atoms with van der Waals surface area (Å²) in [7, 11) is 1.79. The predicted octanol–water partition coefficient (Wildman–Crippen LogP) is 3.37. The second-order valence-electron chi connectivity index (χ2n) is 2.17. The van der Waals surface area contributed by atoms with Gasteiger partial charge >= 0.3 is 0 Å². The number of nitrogens with one attached hydrogen (secondary N) is 1. The molecule has 0 saturated carbocycles. The van der Waals surface area contributed by atoms with Crippen LogP contribution in [0.1, 0.15) is 0 Å². The van der Waals surface area contributed by atoms with Crippen LogP contribution in [0.4, 0.5) is 11.4 Å². The smallest absolute Gasteiger partial charge is 0.105 e. The standard InChI is InChI=1S/C8H8Cl2N2/c1-11-6-4-3-5(9)7(10)8(6)12-2/h3-4,11H,2H2,1H3. The fourth-order valence-electron chi connectivity index (χ4n) is 0.896. The summed E-state index contributed by atoms with van der Waals surface area (Å²) in [6.45, 7) is 3.41. The number of halogens is 2. The number of anilines is 1. The molecule has 0 heterocycles. The molecule has 2 nitrogen and oxygen atoms in total. The van der Waals surface area contributed by atoms with Gasteiger partial charge in [0.1, 0.15) is 5.69 Å². The summed E-state index contributed by atoms with van der Waals surface area (Å²) in [6.07, 6.45) is 0. The second kappa shape index (κ2) is 3.78. The van der Waals surface area contributed by atoms with Gasteiger partial charge < -0.3 is 5.32 Å². The van der Waals surface area contributed by atoms with E-state index in [0.717, 1.165) is 5.69 Å². The molecule has 12 heavy (non-hydrogen) atoms. The Labute approximate surface area is 81.2 Å². The second-order valence-corrected chi connectivity index (χ2v) is 2.95.